The van der Waals surface area contributed by atoms with E-state index < -0.39 is 24.1 Å². The van der Waals surface area contributed by atoms with Crippen molar-refractivity contribution in [2.75, 3.05) is 20.2 Å². The zero-order valence-electron chi connectivity index (χ0n) is 7.42. The van der Waals surface area contributed by atoms with E-state index in [0.717, 1.165) is 0 Å². The van der Waals surface area contributed by atoms with Crippen LogP contribution in [-0.4, -0.2) is 64.7 Å². The molecule has 6 N–H and O–H groups in total. The van der Waals surface area contributed by atoms with E-state index in [-0.39, 0.29) is 13.2 Å². The number of hydrogen-bond acceptors (Lipinski definition) is 5. The molecule has 1 aliphatic rings. The lowest BCUT2D eigenvalue weighted by Gasteiger charge is -2.40. The normalized spacial score (nSPS) is 46.4. The predicted octanol–water partition coefficient (Wildman–Crippen LogP) is -4.02. The molecule has 0 unspecified atom stereocenters. The van der Waals surface area contributed by atoms with Gasteiger partial charge in [0.05, 0.1) is 13.7 Å². The largest absolute Gasteiger partial charge is 0.388 e. The van der Waals surface area contributed by atoms with Crippen LogP contribution in [0.5, 0.6) is 0 Å². The summed E-state index contributed by atoms with van der Waals surface area (Å²) in [5.41, 5.74) is 0. The number of aliphatic hydroxyl groups excluding tert-OH is 3. The predicted molar refractivity (Wildman–Crippen MR) is 41.6 cm³/mol. The van der Waals surface area contributed by atoms with Gasteiger partial charge < -0.3 is 30.5 Å². The van der Waals surface area contributed by atoms with Crippen LogP contribution in [0, 0.1) is 0 Å². The fourth-order valence-corrected chi connectivity index (χ4v) is 1.36. The first-order valence-corrected chi connectivity index (χ1v) is 4.19. The molecule has 6 heteroatoms. The van der Waals surface area contributed by atoms with Crippen molar-refractivity contribution in [1.29, 1.82) is 0 Å². The third kappa shape index (κ3) is 1.98. The minimum atomic E-state index is -1.77. The first kappa shape index (κ1) is 10.8. The molecule has 0 saturated carbocycles. The van der Waals surface area contributed by atoms with Gasteiger partial charge in [0.25, 0.3) is 0 Å². The van der Waals surface area contributed by atoms with E-state index in [1.165, 1.54) is 0 Å². The molecule has 13 heavy (non-hydrogen) atoms. The summed E-state index contributed by atoms with van der Waals surface area (Å²) < 4.78 is 4.87. The van der Waals surface area contributed by atoms with Crippen LogP contribution in [-0.2, 0) is 4.74 Å². The molecule has 78 valence electrons. The van der Waals surface area contributed by atoms with Crippen molar-refractivity contribution in [2.24, 2.45) is 0 Å². The van der Waals surface area contributed by atoms with E-state index in [4.69, 9.17) is 9.84 Å². The first-order chi connectivity index (χ1) is 6.01. The molecule has 0 aromatic heterocycles. The second-order valence-corrected chi connectivity index (χ2v) is 3.27. The van der Waals surface area contributed by atoms with Crippen molar-refractivity contribution in [3.63, 3.8) is 0 Å². The lowest BCUT2D eigenvalue weighted by Crippen LogP contribution is -2.87. The summed E-state index contributed by atoms with van der Waals surface area (Å²) in [5, 5.41) is 39.0. The first-order valence-electron chi connectivity index (χ1n) is 4.19. The summed E-state index contributed by atoms with van der Waals surface area (Å²) in [6, 6.07) is 0. The number of aliphatic hydroxyl groups is 4. The third-order valence-corrected chi connectivity index (χ3v) is 2.18. The minimum Gasteiger partial charge on any atom is -0.388 e. The smallest absolute Gasteiger partial charge is 0.245 e. The van der Waals surface area contributed by atoms with Gasteiger partial charge in [-0.15, -0.1) is 0 Å². The van der Waals surface area contributed by atoms with Crippen LogP contribution < -0.4 is 5.32 Å². The van der Waals surface area contributed by atoms with Gasteiger partial charge in [-0.05, 0) is 0 Å². The van der Waals surface area contributed by atoms with Crippen LogP contribution in [0.3, 0.4) is 0 Å². The van der Waals surface area contributed by atoms with Crippen LogP contribution in [0.2, 0.25) is 0 Å². The molecule has 0 amide bonds. The second-order valence-electron chi connectivity index (χ2n) is 3.27. The highest BCUT2D eigenvalue weighted by molar-refractivity contribution is 4.90. The molecule has 4 atom stereocenters. The topological polar surface area (TPSA) is 107 Å². The zero-order valence-corrected chi connectivity index (χ0v) is 7.42. The van der Waals surface area contributed by atoms with Gasteiger partial charge in [0, 0.05) is 0 Å². The molecule has 0 aliphatic carbocycles. The molecular formula is C7H16NO5+. The van der Waals surface area contributed by atoms with Crippen molar-refractivity contribution in [3.8, 4) is 0 Å². The molecule has 0 aromatic carbocycles. The Kier molecular flexibility index (Phi) is 3.23. The fraction of sp³-hybridized carbons (Fsp3) is 1.00. The number of ether oxygens (including phenoxy) is 1. The van der Waals surface area contributed by atoms with Gasteiger partial charge in [0.2, 0.25) is 5.79 Å². The van der Waals surface area contributed by atoms with Gasteiger partial charge in [-0.3, -0.25) is 0 Å². The number of rotatable bonds is 2. The summed E-state index contributed by atoms with van der Waals surface area (Å²) in [5.74, 6) is -1.77. The average molecular weight is 194 g/mol. The average Bonchev–Trinajstić information content (AvgIpc) is 2.10. The Morgan fingerprint density at radius 1 is 1.46 bits per heavy atom. The Morgan fingerprint density at radius 3 is 2.62 bits per heavy atom. The molecule has 1 heterocycles. The van der Waals surface area contributed by atoms with E-state index in [2.05, 4.69) is 0 Å². The highest BCUT2D eigenvalue weighted by Crippen LogP contribution is 2.22. The third-order valence-electron chi connectivity index (χ3n) is 2.18. The highest BCUT2D eigenvalue weighted by Gasteiger charge is 2.49. The van der Waals surface area contributed by atoms with Crippen LogP contribution in [0.15, 0.2) is 0 Å². The lowest BCUT2D eigenvalue weighted by atomic mass is 9.97. The SMILES string of the molecule is C[NH2+]C[C@@]1(O)OC[C@@H](O)[C@@H](O)[C@@H]1O. The molecule has 0 aromatic rings. The molecule has 1 saturated heterocycles. The van der Waals surface area contributed by atoms with Crippen molar-refractivity contribution in [2.45, 2.75) is 24.1 Å². The number of quaternary nitrogens is 1. The maximum atomic E-state index is 9.65. The molecule has 1 fully saturated rings. The molecule has 0 bridgehead atoms. The monoisotopic (exact) mass is 194 g/mol. The maximum Gasteiger partial charge on any atom is 0.245 e. The fourth-order valence-electron chi connectivity index (χ4n) is 1.36. The van der Waals surface area contributed by atoms with Crippen LogP contribution in [0.4, 0.5) is 0 Å². The minimum absolute atomic E-state index is 0.109. The number of nitrogens with two attached hydrogens (primary N) is 1. The highest BCUT2D eigenvalue weighted by atomic mass is 16.6. The van der Waals surface area contributed by atoms with E-state index in [0.29, 0.717) is 0 Å². The Bertz CT molecular complexity index is 178. The summed E-state index contributed by atoms with van der Waals surface area (Å²) in [7, 11) is 1.70. The Morgan fingerprint density at radius 2 is 2.08 bits per heavy atom. The van der Waals surface area contributed by atoms with E-state index in [1.54, 1.807) is 12.4 Å². The zero-order chi connectivity index (χ0) is 10.1. The van der Waals surface area contributed by atoms with Crippen molar-refractivity contribution in [1.82, 2.24) is 0 Å². The molecule has 0 radical (unpaired) electrons. The molecule has 6 nitrogen and oxygen atoms in total. The summed E-state index contributed by atoms with van der Waals surface area (Å²) in [6.45, 7) is -0.0689. The number of likely N-dealkylation sites (N-methyl/N-ethyl adjacent to an activating group) is 1. The second kappa shape index (κ2) is 3.87. The number of hydrogen-bond donors (Lipinski definition) is 5. The quantitative estimate of drug-likeness (QED) is 0.308. The Balaban J connectivity index is 2.67. The van der Waals surface area contributed by atoms with Crippen molar-refractivity contribution >= 4 is 0 Å². The van der Waals surface area contributed by atoms with Gasteiger partial charge >= 0.3 is 0 Å². The summed E-state index contributed by atoms with van der Waals surface area (Å²) in [6.07, 6.45) is -3.99. The molecule has 1 aliphatic heterocycles. The summed E-state index contributed by atoms with van der Waals surface area (Å²) in [4.78, 5) is 0. The molecule has 0 spiro atoms. The van der Waals surface area contributed by atoms with Crippen molar-refractivity contribution in [3.05, 3.63) is 0 Å². The van der Waals surface area contributed by atoms with Crippen molar-refractivity contribution < 1.29 is 30.5 Å². The molecular weight excluding hydrogens is 178 g/mol. The summed E-state index contributed by atoms with van der Waals surface area (Å²) >= 11 is 0. The van der Waals surface area contributed by atoms with Crippen LogP contribution >= 0.6 is 0 Å². The lowest BCUT2D eigenvalue weighted by molar-refractivity contribution is -0.656. The van der Waals surface area contributed by atoms with Crippen LogP contribution in [0.25, 0.3) is 0 Å². The van der Waals surface area contributed by atoms with Gasteiger partial charge in [-0.25, -0.2) is 0 Å². The standard InChI is InChI=1S/C7H15NO5/c1-8-3-7(12)6(11)5(10)4(9)2-13-7/h4-6,8-12H,2-3H2,1H3/p+1/t4-,5-,6+,7-/m1/s1. The molecule has 1 rings (SSSR count). The van der Waals surface area contributed by atoms with Gasteiger partial charge in [0.15, 0.2) is 0 Å². The van der Waals surface area contributed by atoms with Gasteiger partial charge in [-0.2, -0.15) is 0 Å². The van der Waals surface area contributed by atoms with Gasteiger partial charge in [0.1, 0.15) is 24.9 Å². The van der Waals surface area contributed by atoms with Gasteiger partial charge in [-0.1, -0.05) is 0 Å². The van der Waals surface area contributed by atoms with E-state index >= 15 is 0 Å². The Hall–Kier alpha value is -0.240. The van der Waals surface area contributed by atoms with Crippen LogP contribution in [0.1, 0.15) is 0 Å². The van der Waals surface area contributed by atoms with E-state index in [9.17, 15) is 15.3 Å². The van der Waals surface area contributed by atoms with E-state index in [1.807, 2.05) is 0 Å². The maximum absolute atomic E-state index is 9.65. The Labute approximate surface area is 75.8 Å².